The molecule has 0 saturated carbocycles. The summed E-state index contributed by atoms with van der Waals surface area (Å²) in [6, 6.07) is 11.0. The van der Waals surface area contributed by atoms with Crippen LogP contribution in [0, 0.1) is 5.82 Å². The van der Waals surface area contributed by atoms with Gasteiger partial charge in [-0.05, 0) is 55.0 Å². The van der Waals surface area contributed by atoms with E-state index >= 15 is 0 Å². The van der Waals surface area contributed by atoms with Crippen molar-refractivity contribution in [2.45, 2.75) is 25.7 Å². The third-order valence-electron chi connectivity index (χ3n) is 5.15. The number of nitrogens with one attached hydrogen (secondary N) is 2. The van der Waals surface area contributed by atoms with Gasteiger partial charge in [0.15, 0.2) is 0 Å². The lowest BCUT2D eigenvalue weighted by Crippen LogP contribution is -2.29. The van der Waals surface area contributed by atoms with Crippen LogP contribution in [0.15, 0.2) is 36.4 Å². The van der Waals surface area contributed by atoms with E-state index in [1.165, 1.54) is 37.1 Å². The molecular weight excluding hydrogens is 341 g/mol. The van der Waals surface area contributed by atoms with Crippen LogP contribution in [0.5, 0.6) is 0 Å². The van der Waals surface area contributed by atoms with Crippen LogP contribution in [-0.2, 0) is 6.42 Å². The largest absolute Gasteiger partial charge is 0.370 e. The van der Waals surface area contributed by atoms with Gasteiger partial charge < -0.3 is 20.9 Å². The molecule has 0 amide bonds. The van der Waals surface area contributed by atoms with Crippen molar-refractivity contribution in [2.75, 3.05) is 36.4 Å². The first-order valence-corrected chi connectivity index (χ1v) is 9.69. The number of H-pyrrole nitrogens is 1. The molecule has 1 saturated heterocycles. The second kappa shape index (κ2) is 7.96. The summed E-state index contributed by atoms with van der Waals surface area (Å²) in [5.74, 6) is 0.539. The molecule has 1 fully saturated rings. The molecule has 0 aliphatic carbocycles. The van der Waals surface area contributed by atoms with Gasteiger partial charge in [0.2, 0.25) is 5.95 Å². The van der Waals surface area contributed by atoms with E-state index in [0.29, 0.717) is 13.1 Å². The van der Waals surface area contributed by atoms with Crippen LogP contribution in [0.25, 0.3) is 11.0 Å². The number of rotatable bonds is 6. The van der Waals surface area contributed by atoms with Crippen LogP contribution in [0.2, 0.25) is 0 Å². The second-order valence-corrected chi connectivity index (χ2v) is 7.12. The zero-order valence-corrected chi connectivity index (χ0v) is 15.5. The number of halogens is 1. The molecule has 1 aromatic heterocycles. The molecule has 6 heteroatoms. The van der Waals surface area contributed by atoms with Crippen LogP contribution >= 0.6 is 0 Å². The lowest BCUT2D eigenvalue weighted by atomic mass is 10.0. The number of nitrogens with two attached hydrogens (primary N) is 1. The van der Waals surface area contributed by atoms with Gasteiger partial charge in [0, 0.05) is 26.2 Å². The second-order valence-electron chi connectivity index (χ2n) is 7.12. The average molecular weight is 367 g/mol. The highest BCUT2D eigenvalue weighted by molar-refractivity contribution is 5.93. The molecule has 2 aromatic carbocycles. The first-order chi connectivity index (χ1) is 13.2. The van der Waals surface area contributed by atoms with E-state index in [1.807, 2.05) is 12.1 Å². The number of fused-ring (bicyclic) bond motifs is 1. The number of nitrogens with zero attached hydrogens (tertiary/aromatic N) is 2. The molecular formula is C21H26FN5. The fourth-order valence-electron chi connectivity index (χ4n) is 3.77. The minimum Gasteiger partial charge on any atom is -0.370 e. The number of aromatic amines is 1. The topological polar surface area (TPSA) is 70.0 Å². The molecule has 5 nitrogen and oxygen atoms in total. The summed E-state index contributed by atoms with van der Waals surface area (Å²) in [6.45, 7) is 3.39. The Bertz CT molecular complexity index is 897. The van der Waals surface area contributed by atoms with Crippen molar-refractivity contribution in [3.05, 3.63) is 53.3 Å². The van der Waals surface area contributed by atoms with E-state index in [4.69, 9.17) is 10.7 Å². The summed E-state index contributed by atoms with van der Waals surface area (Å²) < 4.78 is 13.2. The van der Waals surface area contributed by atoms with E-state index in [2.05, 4.69) is 27.3 Å². The van der Waals surface area contributed by atoms with Gasteiger partial charge >= 0.3 is 0 Å². The first-order valence-electron chi connectivity index (χ1n) is 9.69. The molecule has 1 aliphatic rings. The van der Waals surface area contributed by atoms with Crippen LogP contribution < -0.4 is 16.0 Å². The molecule has 0 radical (unpaired) electrons. The van der Waals surface area contributed by atoms with Crippen molar-refractivity contribution in [2.24, 2.45) is 5.73 Å². The normalized spacial score (nSPS) is 14.7. The lowest BCUT2D eigenvalue weighted by molar-refractivity contribution is 0.579. The monoisotopic (exact) mass is 367 g/mol. The number of imidazole rings is 1. The highest BCUT2D eigenvalue weighted by Crippen LogP contribution is 2.32. The third kappa shape index (κ3) is 3.90. The summed E-state index contributed by atoms with van der Waals surface area (Å²) in [7, 11) is 0. The van der Waals surface area contributed by atoms with Gasteiger partial charge in [-0.1, -0.05) is 18.2 Å². The number of benzene rings is 2. The Morgan fingerprint density at radius 1 is 1.07 bits per heavy atom. The molecule has 0 bridgehead atoms. The van der Waals surface area contributed by atoms with Gasteiger partial charge in [-0.15, -0.1) is 0 Å². The Kier molecular flexibility index (Phi) is 5.25. The molecule has 3 aromatic rings. The highest BCUT2D eigenvalue weighted by atomic mass is 19.1. The van der Waals surface area contributed by atoms with Crippen molar-refractivity contribution in [1.82, 2.24) is 9.97 Å². The number of hydrogen-bond donors (Lipinski definition) is 3. The SMILES string of the molecule is NCCNc1nc2c(Cc3ccc(F)cc3)ccc(N3CCCCC3)c2[nH]1. The molecule has 142 valence electrons. The molecule has 0 unspecified atom stereocenters. The van der Waals surface area contributed by atoms with Gasteiger partial charge in [-0.25, -0.2) is 9.37 Å². The van der Waals surface area contributed by atoms with Gasteiger partial charge in [0.1, 0.15) is 5.82 Å². The van der Waals surface area contributed by atoms with Crippen molar-refractivity contribution < 1.29 is 4.39 Å². The standard InChI is InChI=1S/C21H26FN5/c22-17-7-4-15(5-8-17)14-16-6-9-18(27-12-2-1-3-13-27)20-19(16)25-21(26-20)24-11-10-23/h4-9H,1-3,10-14,23H2,(H2,24,25,26). The number of piperidine rings is 1. The summed E-state index contributed by atoms with van der Waals surface area (Å²) in [5.41, 5.74) is 11.1. The van der Waals surface area contributed by atoms with Crippen LogP contribution in [-0.4, -0.2) is 36.1 Å². The molecule has 4 rings (SSSR count). The predicted octanol–water partition coefficient (Wildman–Crippen LogP) is 3.65. The van der Waals surface area contributed by atoms with E-state index in [1.54, 1.807) is 0 Å². The van der Waals surface area contributed by atoms with Crippen molar-refractivity contribution in [3.63, 3.8) is 0 Å². The summed E-state index contributed by atoms with van der Waals surface area (Å²) >= 11 is 0. The number of aromatic nitrogens is 2. The van der Waals surface area contributed by atoms with Crippen LogP contribution in [0.4, 0.5) is 16.0 Å². The molecule has 0 spiro atoms. The number of anilines is 2. The van der Waals surface area contributed by atoms with Gasteiger partial charge in [0.25, 0.3) is 0 Å². The quantitative estimate of drug-likeness (QED) is 0.622. The molecule has 2 heterocycles. The summed E-state index contributed by atoms with van der Waals surface area (Å²) in [5, 5.41) is 3.25. The van der Waals surface area contributed by atoms with E-state index < -0.39 is 0 Å². The Morgan fingerprint density at radius 3 is 2.59 bits per heavy atom. The highest BCUT2D eigenvalue weighted by Gasteiger charge is 2.18. The Labute approximate surface area is 158 Å². The molecule has 1 aliphatic heterocycles. The number of hydrogen-bond acceptors (Lipinski definition) is 4. The zero-order valence-electron chi connectivity index (χ0n) is 15.5. The molecule has 0 atom stereocenters. The zero-order chi connectivity index (χ0) is 18.6. The summed E-state index contributed by atoms with van der Waals surface area (Å²) in [4.78, 5) is 10.7. The van der Waals surface area contributed by atoms with Crippen molar-refractivity contribution in [1.29, 1.82) is 0 Å². The van der Waals surface area contributed by atoms with Crippen LogP contribution in [0.3, 0.4) is 0 Å². The fourth-order valence-corrected chi connectivity index (χ4v) is 3.77. The van der Waals surface area contributed by atoms with Crippen molar-refractivity contribution in [3.8, 4) is 0 Å². The fraction of sp³-hybridized carbons (Fsp3) is 0.381. The molecule has 27 heavy (non-hydrogen) atoms. The maximum atomic E-state index is 13.2. The third-order valence-corrected chi connectivity index (χ3v) is 5.15. The van der Waals surface area contributed by atoms with Crippen LogP contribution in [0.1, 0.15) is 30.4 Å². The van der Waals surface area contributed by atoms with E-state index in [9.17, 15) is 4.39 Å². The van der Waals surface area contributed by atoms with Gasteiger partial charge in [0.05, 0.1) is 16.7 Å². The van der Waals surface area contributed by atoms with E-state index in [0.717, 1.165) is 47.6 Å². The smallest absolute Gasteiger partial charge is 0.201 e. The Balaban J connectivity index is 1.72. The summed E-state index contributed by atoms with van der Waals surface area (Å²) in [6.07, 6.45) is 4.48. The first kappa shape index (κ1) is 17.8. The lowest BCUT2D eigenvalue weighted by Gasteiger charge is -2.29. The van der Waals surface area contributed by atoms with Crippen molar-refractivity contribution >= 4 is 22.7 Å². The molecule has 4 N–H and O–H groups in total. The minimum atomic E-state index is -0.211. The van der Waals surface area contributed by atoms with Gasteiger partial charge in [-0.2, -0.15) is 0 Å². The van der Waals surface area contributed by atoms with E-state index in [-0.39, 0.29) is 5.82 Å². The Morgan fingerprint density at radius 2 is 1.85 bits per heavy atom. The predicted molar refractivity (Wildman–Crippen MR) is 109 cm³/mol. The Hall–Kier alpha value is -2.60. The van der Waals surface area contributed by atoms with Gasteiger partial charge in [-0.3, -0.25) is 0 Å². The minimum absolute atomic E-state index is 0.211. The maximum absolute atomic E-state index is 13.2. The average Bonchev–Trinajstić information content (AvgIpc) is 3.13. The maximum Gasteiger partial charge on any atom is 0.201 e.